The van der Waals surface area contributed by atoms with Crippen molar-refractivity contribution < 1.29 is 4.92 Å². The van der Waals surface area contributed by atoms with E-state index in [-0.39, 0.29) is 10.6 Å². The van der Waals surface area contributed by atoms with Gasteiger partial charge in [0.2, 0.25) is 0 Å². The lowest BCUT2D eigenvalue weighted by Crippen LogP contribution is -2.18. The fourth-order valence-electron chi connectivity index (χ4n) is 2.88. The Kier molecular flexibility index (Phi) is 2.98. The molecule has 19 heavy (non-hydrogen) atoms. The molecule has 0 amide bonds. The average molecular weight is 259 g/mol. The molecule has 0 N–H and O–H groups in total. The number of nitro benzene ring substituents is 1. The Balaban J connectivity index is 2.02. The summed E-state index contributed by atoms with van der Waals surface area (Å²) in [7, 11) is 1.99. The number of benzene rings is 1. The van der Waals surface area contributed by atoms with Gasteiger partial charge in [0.25, 0.3) is 5.69 Å². The van der Waals surface area contributed by atoms with Gasteiger partial charge in [0, 0.05) is 42.8 Å². The van der Waals surface area contributed by atoms with E-state index in [0.29, 0.717) is 0 Å². The summed E-state index contributed by atoms with van der Waals surface area (Å²) >= 11 is 0. The molecule has 1 fully saturated rings. The van der Waals surface area contributed by atoms with Crippen molar-refractivity contribution in [3.05, 3.63) is 40.1 Å². The second-order valence-corrected chi connectivity index (χ2v) is 5.21. The van der Waals surface area contributed by atoms with E-state index < -0.39 is 0 Å². The molecular weight excluding hydrogens is 242 g/mol. The Bertz CT molecular complexity index is 627. The number of nitrogens with zero attached hydrogens (tertiary/aromatic N) is 3. The highest BCUT2D eigenvalue weighted by atomic mass is 16.6. The Hall–Kier alpha value is -1.88. The molecular formula is C14H17N3O2. The van der Waals surface area contributed by atoms with Crippen LogP contribution in [0.4, 0.5) is 5.69 Å². The topological polar surface area (TPSA) is 51.3 Å². The van der Waals surface area contributed by atoms with E-state index in [1.54, 1.807) is 12.1 Å². The molecule has 1 aromatic carbocycles. The van der Waals surface area contributed by atoms with E-state index in [1.807, 2.05) is 17.7 Å². The molecule has 1 saturated heterocycles. The molecule has 0 aliphatic carbocycles. The van der Waals surface area contributed by atoms with Gasteiger partial charge in [-0.25, -0.2) is 0 Å². The number of fused-ring (bicyclic) bond motifs is 1. The van der Waals surface area contributed by atoms with Crippen molar-refractivity contribution in [3.8, 4) is 0 Å². The van der Waals surface area contributed by atoms with E-state index in [0.717, 1.165) is 30.5 Å². The highest BCUT2D eigenvalue weighted by Crippen LogP contribution is 2.27. The maximum atomic E-state index is 10.9. The zero-order valence-electron chi connectivity index (χ0n) is 11.0. The standard InChI is InChI=1S/C14H17N3O2/c1-15-9-11(10-16-6-2-3-7-16)13-8-12(17(18)19)4-5-14(13)15/h4-5,8-9H,2-3,6-7,10H2,1H3. The van der Waals surface area contributed by atoms with Crippen LogP contribution in [0.1, 0.15) is 18.4 Å². The molecule has 0 atom stereocenters. The Labute approximate surface area is 111 Å². The van der Waals surface area contributed by atoms with Crippen LogP contribution < -0.4 is 0 Å². The van der Waals surface area contributed by atoms with Crippen molar-refractivity contribution in [1.82, 2.24) is 9.47 Å². The zero-order valence-corrected chi connectivity index (χ0v) is 11.0. The fourth-order valence-corrected chi connectivity index (χ4v) is 2.88. The summed E-state index contributed by atoms with van der Waals surface area (Å²) in [5.41, 5.74) is 2.41. The molecule has 0 spiro atoms. The van der Waals surface area contributed by atoms with E-state index in [9.17, 15) is 10.1 Å². The van der Waals surface area contributed by atoms with Crippen LogP contribution >= 0.6 is 0 Å². The molecule has 0 radical (unpaired) electrons. The van der Waals surface area contributed by atoms with E-state index in [1.165, 1.54) is 18.4 Å². The van der Waals surface area contributed by atoms with Gasteiger partial charge in [0.15, 0.2) is 0 Å². The number of hydrogen-bond donors (Lipinski definition) is 0. The monoisotopic (exact) mass is 259 g/mol. The van der Waals surface area contributed by atoms with Crippen LogP contribution in [0.5, 0.6) is 0 Å². The van der Waals surface area contributed by atoms with E-state index in [2.05, 4.69) is 11.1 Å². The van der Waals surface area contributed by atoms with Crippen molar-refractivity contribution in [2.45, 2.75) is 19.4 Å². The van der Waals surface area contributed by atoms with Crippen LogP contribution in [0.3, 0.4) is 0 Å². The zero-order chi connectivity index (χ0) is 13.4. The minimum Gasteiger partial charge on any atom is -0.350 e. The Morgan fingerprint density at radius 3 is 2.74 bits per heavy atom. The lowest BCUT2D eigenvalue weighted by Gasteiger charge is -2.13. The highest BCUT2D eigenvalue weighted by Gasteiger charge is 2.16. The first kappa shape index (κ1) is 12.2. The molecule has 5 nitrogen and oxygen atoms in total. The van der Waals surface area contributed by atoms with Crippen molar-refractivity contribution in [2.75, 3.05) is 13.1 Å². The third-order valence-electron chi connectivity index (χ3n) is 3.86. The summed E-state index contributed by atoms with van der Waals surface area (Å²) in [6.07, 6.45) is 4.60. The normalized spacial score (nSPS) is 16.3. The van der Waals surface area contributed by atoms with Crippen LogP contribution in [0.15, 0.2) is 24.4 Å². The summed E-state index contributed by atoms with van der Waals surface area (Å²) in [6.45, 7) is 3.15. The van der Waals surface area contributed by atoms with Gasteiger partial charge in [-0.3, -0.25) is 15.0 Å². The lowest BCUT2D eigenvalue weighted by molar-refractivity contribution is -0.384. The molecule has 100 valence electrons. The van der Waals surface area contributed by atoms with Gasteiger partial charge in [-0.15, -0.1) is 0 Å². The first-order chi connectivity index (χ1) is 9.15. The second-order valence-electron chi connectivity index (χ2n) is 5.21. The number of nitro groups is 1. The van der Waals surface area contributed by atoms with Crippen LogP contribution in [-0.2, 0) is 13.6 Å². The summed E-state index contributed by atoms with van der Waals surface area (Å²) in [4.78, 5) is 13.0. The smallest absolute Gasteiger partial charge is 0.270 e. The third kappa shape index (κ3) is 2.21. The summed E-state index contributed by atoms with van der Waals surface area (Å²) < 4.78 is 2.05. The molecule has 0 saturated carbocycles. The fraction of sp³-hybridized carbons (Fsp3) is 0.429. The maximum absolute atomic E-state index is 10.9. The van der Waals surface area contributed by atoms with Crippen molar-refractivity contribution in [1.29, 1.82) is 0 Å². The minimum absolute atomic E-state index is 0.168. The SMILES string of the molecule is Cn1cc(CN2CCCC2)c2cc([N+](=O)[O-])ccc21. The largest absolute Gasteiger partial charge is 0.350 e. The maximum Gasteiger partial charge on any atom is 0.270 e. The molecule has 5 heteroatoms. The van der Waals surface area contributed by atoms with Crippen molar-refractivity contribution in [2.24, 2.45) is 7.05 Å². The van der Waals surface area contributed by atoms with Gasteiger partial charge in [0.1, 0.15) is 0 Å². The number of rotatable bonds is 3. The number of non-ortho nitro benzene ring substituents is 1. The molecule has 2 heterocycles. The summed E-state index contributed by atoms with van der Waals surface area (Å²) in [6, 6.07) is 5.10. The van der Waals surface area contributed by atoms with Gasteiger partial charge in [0.05, 0.1) is 4.92 Å². The van der Waals surface area contributed by atoms with Crippen LogP contribution in [0.2, 0.25) is 0 Å². The van der Waals surface area contributed by atoms with Gasteiger partial charge >= 0.3 is 0 Å². The quantitative estimate of drug-likeness (QED) is 0.629. The van der Waals surface area contributed by atoms with Gasteiger partial charge in [-0.05, 0) is 37.6 Å². The predicted octanol–water partition coefficient (Wildman–Crippen LogP) is 2.68. The van der Waals surface area contributed by atoms with E-state index >= 15 is 0 Å². The molecule has 0 unspecified atom stereocenters. The van der Waals surface area contributed by atoms with Gasteiger partial charge in [-0.1, -0.05) is 0 Å². The van der Waals surface area contributed by atoms with Gasteiger partial charge in [-0.2, -0.15) is 0 Å². The van der Waals surface area contributed by atoms with E-state index in [4.69, 9.17) is 0 Å². The highest BCUT2D eigenvalue weighted by molar-refractivity contribution is 5.86. The van der Waals surface area contributed by atoms with Crippen molar-refractivity contribution >= 4 is 16.6 Å². The number of aryl methyl sites for hydroxylation is 1. The summed E-state index contributed by atoms with van der Waals surface area (Å²) in [5, 5.41) is 11.9. The molecule has 1 aliphatic rings. The lowest BCUT2D eigenvalue weighted by atomic mass is 10.1. The van der Waals surface area contributed by atoms with Crippen LogP contribution in [0, 0.1) is 10.1 Å². The number of hydrogen-bond acceptors (Lipinski definition) is 3. The Morgan fingerprint density at radius 1 is 1.32 bits per heavy atom. The molecule has 3 rings (SSSR count). The minimum atomic E-state index is -0.327. The molecule has 1 aromatic heterocycles. The first-order valence-corrected chi connectivity index (χ1v) is 6.60. The summed E-state index contributed by atoms with van der Waals surface area (Å²) in [5.74, 6) is 0. The van der Waals surface area contributed by atoms with Crippen LogP contribution in [0.25, 0.3) is 10.9 Å². The predicted molar refractivity (Wildman–Crippen MR) is 74.1 cm³/mol. The average Bonchev–Trinajstić information content (AvgIpc) is 2.99. The molecule has 0 bridgehead atoms. The van der Waals surface area contributed by atoms with Crippen molar-refractivity contribution in [3.63, 3.8) is 0 Å². The third-order valence-corrected chi connectivity index (χ3v) is 3.86. The second kappa shape index (κ2) is 4.66. The molecule has 1 aliphatic heterocycles. The first-order valence-electron chi connectivity index (χ1n) is 6.60. The van der Waals surface area contributed by atoms with Gasteiger partial charge < -0.3 is 4.57 Å². The number of aromatic nitrogens is 1. The van der Waals surface area contributed by atoms with Crippen LogP contribution in [-0.4, -0.2) is 27.5 Å². The Morgan fingerprint density at radius 2 is 2.05 bits per heavy atom. The number of likely N-dealkylation sites (tertiary alicyclic amines) is 1. The molecule has 2 aromatic rings.